The SMILES string of the molecule is CCC1CCN(C(=O)N[C@@H](CC)C(=O)O)C1. The lowest BCUT2D eigenvalue weighted by Gasteiger charge is -2.20. The average Bonchev–Trinajstić information content (AvgIpc) is 2.73. The van der Waals surface area contributed by atoms with Crippen LogP contribution >= 0.6 is 0 Å². The molecule has 0 bridgehead atoms. The van der Waals surface area contributed by atoms with Gasteiger partial charge in [0.05, 0.1) is 0 Å². The number of hydrogen-bond donors (Lipinski definition) is 2. The maximum absolute atomic E-state index is 11.7. The molecule has 2 amide bonds. The van der Waals surface area contributed by atoms with Gasteiger partial charge in [-0.05, 0) is 18.8 Å². The number of carboxylic acid groups (broad SMARTS) is 1. The van der Waals surface area contributed by atoms with Crippen LogP contribution in [0.25, 0.3) is 0 Å². The third-order valence-corrected chi connectivity index (χ3v) is 3.15. The van der Waals surface area contributed by atoms with E-state index in [1.807, 2.05) is 0 Å². The summed E-state index contributed by atoms with van der Waals surface area (Å²) in [6.45, 7) is 5.34. The van der Waals surface area contributed by atoms with E-state index >= 15 is 0 Å². The molecule has 16 heavy (non-hydrogen) atoms. The van der Waals surface area contributed by atoms with Gasteiger partial charge in [-0.1, -0.05) is 20.3 Å². The highest BCUT2D eigenvalue weighted by molar-refractivity contribution is 5.82. The van der Waals surface area contributed by atoms with E-state index in [0.29, 0.717) is 12.3 Å². The third-order valence-electron chi connectivity index (χ3n) is 3.15. The molecule has 0 saturated carbocycles. The molecule has 2 atom stereocenters. The number of nitrogens with zero attached hydrogens (tertiary/aromatic N) is 1. The normalized spacial score (nSPS) is 21.9. The predicted molar refractivity (Wildman–Crippen MR) is 60.2 cm³/mol. The van der Waals surface area contributed by atoms with E-state index in [9.17, 15) is 9.59 Å². The van der Waals surface area contributed by atoms with E-state index in [4.69, 9.17) is 5.11 Å². The number of urea groups is 1. The quantitative estimate of drug-likeness (QED) is 0.761. The molecule has 5 nitrogen and oxygen atoms in total. The number of carbonyl (C=O) groups is 2. The van der Waals surface area contributed by atoms with Crippen LogP contribution in [0.4, 0.5) is 4.79 Å². The van der Waals surface area contributed by atoms with E-state index in [1.165, 1.54) is 0 Å². The van der Waals surface area contributed by atoms with Gasteiger partial charge in [-0.15, -0.1) is 0 Å². The maximum Gasteiger partial charge on any atom is 0.326 e. The zero-order valence-electron chi connectivity index (χ0n) is 9.90. The molecule has 0 radical (unpaired) electrons. The molecule has 1 aliphatic rings. The van der Waals surface area contributed by atoms with Crippen LogP contribution in [0.2, 0.25) is 0 Å². The van der Waals surface area contributed by atoms with Crippen LogP contribution < -0.4 is 5.32 Å². The van der Waals surface area contributed by atoms with Gasteiger partial charge in [0.15, 0.2) is 0 Å². The Morgan fingerprint density at radius 3 is 2.62 bits per heavy atom. The molecule has 1 unspecified atom stereocenters. The van der Waals surface area contributed by atoms with Gasteiger partial charge in [0, 0.05) is 13.1 Å². The first kappa shape index (κ1) is 12.8. The van der Waals surface area contributed by atoms with Crippen molar-refractivity contribution in [2.75, 3.05) is 13.1 Å². The van der Waals surface area contributed by atoms with Crippen LogP contribution in [-0.2, 0) is 4.79 Å². The molecule has 1 aliphatic heterocycles. The molecule has 1 heterocycles. The summed E-state index contributed by atoms with van der Waals surface area (Å²) in [7, 11) is 0. The summed E-state index contributed by atoms with van der Waals surface area (Å²) in [4.78, 5) is 24.2. The first-order chi connectivity index (χ1) is 7.58. The molecule has 0 aliphatic carbocycles. The van der Waals surface area contributed by atoms with Gasteiger partial charge in [-0.25, -0.2) is 9.59 Å². The summed E-state index contributed by atoms with van der Waals surface area (Å²) >= 11 is 0. The van der Waals surface area contributed by atoms with Gasteiger partial charge in [-0.3, -0.25) is 0 Å². The minimum absolute atomic E-state index is 0.245. The van der Waals surface area contributed by atoms with E-state index in [-0.39, 0.29) is 6.03 Å². The average molecular weight is 228 g/mol. The summed E-state index contributed by atoms with van der Waals surface area (Å²) in [5.74, 6) is -0.405. The largest absolute Gasteiger partial charge is 0.480 e. The van der Waals surface area contributed by atoms with Crippen molar-refractivity contribution in [3.8, 4) is 0 Å². The third kappa shape index (κ3) is 3.12. The second-order valence-corrected chi connectivity index (χ2v) is 4.26. The lowest BCUT2D eigenvalue weighted by molar-refractivity contribution is -0.139. The molecule has 1 saturated heterocycles. The van der Waals surface area contributed by atoms with Gasteiger partial charge in [0.2, 0.25) is 0 Å². The van der Waals surface area contributed by atoms with E-state index in [0.717, 1.165) is 25.9 Å². The fourth-order valence-electron chi connectivity index (χ4n) is 1.93. The Morgan fingerprint density at radius 1 is 1.50 bits per heavy atom. The van der Waals surface area contributed by atoms with Crippen LogP contribution in [0.5, 0.6) is 0 Å². The topological polar surface area (TPSA) is 69.6 Å². The van der Waals surface area contributed by atoms with E-state index in [1.54, 1.807) is 11.8 Å². The monoisotopic (exact) mass is 228 g/mol. The minimum atomic E-state index is -0.970. The summed E-state index contributed by atoms with van der Waals surface area (Å²) in [6.07, 6.45) is 2.50. The summed E-state index contributed by atoms with van der Waals surface area (Å²) in [6, 6.07) is -1.02. The van der Waals surface area contributed by atoms with Crippen molar-refractivity contribution in [1.82, 2.24) is 10.2 Å². The molecule has 92 valence electrons. The van der Waals surface area contributed by atoms with Crippen LogP contribution in [0.1, 0.15) is 33.1 Å². The van der Waals surface area contributed by atoms with E-state index < -0.39 is 12.0 Å². The Bertz CT molecular complexity index is 268. The standard InChI is InChI=1S/C11H20N2O3/c1-3-8-5-6-13(7-8)11(16)12-9(4-2)10(14)15/h8-9H,3-7H2,1-2H3,(H,12,16)(H,14,15)/t8?,9-/m0/s1. The fraction of sp³-hybridized carbons (Fsp3) is 0.818. The van der Waals surface area contributed by atoms with E-state index in [2.05, 4.69) is 12.2 Å². The van der Waals surface area contributed by atoms with Crippen LogP contribution in [0, 0.1) is 5.92 Å². The molecule has 5 heteroatoms. The number of aliphatic carboxylic acids is 1. The van der Waals surface area contributed by atoms with Gasteiger partial charge >= 0.3 is 12.0 Å². The van der Waals surface area contributed by atoms with Crippen LogP contribution in [0.3, 0.4) is 0 Å². The smallest absolute Gasteiger partial charge is 0.326 e. The van der Waals surface area contributed by atoms with Crippen molar-refractivity contribution in [2.45, 2.75) is 39.2 Å². The highest BCUT2D eigenvalue weighted by Crippen LogP contribution is 2.18. The molecular formula is C11H20N2O3. The lowest BCUT2D eigenvalue weighted by Crippen LogP contribution is -2.46. The molecule has 0 aromatic rings. The van der Waals surface area contributed by atoms with Crippen LogP contribution in [0.15, 0.2) is 0 Å². The highest BCUT2D eigenvalue weighted by Gasteiger charge is 2.27. The van der Waals surface area contributed by atoms with Gasteiger partial charge < -0.3 is 15.3 Å². The van der Waals surface area contributed by atoms with Crippen LogP contribution in [-0.4, -0.2) is 41.1 Å². The molecule has 0 aromatic carbocycles. The minimum Gasteiger partial charge on any atom is -0.480 e. The van der Waals surface area contributed by atoms with Crippen molar-refractivity contribution >= 4 is 12.0 Å². The summed E-state index contributed by atoms with van der Waals surface area (Å²) < 4.78 is 0. The Kier molecular flexibility index (Phi) is 4.58. The maximum atomic E-state index is 11.7. The zero-order valence-corrected chi connectivity index (χ0v) is 9.90. The Labute approximate surface area is 95.8 Å². The summed E-state index contributed by atoms with van der Waals surface area (Å²) in [5.41, 5.74) is 0. The first-order valence-corrected chi connectivity index (χ1v) is 5.86. The molecule has 0 spiro atoms. The molecular weight excluding hydrogens is 208 g/mol. The fourth-order valence-corrected chi connectivity index (χ4v) is 1.93. The van der Waals surface area contributed by atoms with Gasteiger partial charge in [0.1, 0.15) is 6.04 Å². The Hall–Kier alpha value is -1.26. The highest BCUT2D eigenvalue weighted by atomic mass is 16.4. The zero-order chi connectivity index (χ0) is 12.1. The molecule has 1 rings (SSSR count). The Balaban J connectivity index is 2.43. The van der Waals surface area contributed by atoms with Crippen molar-refractivity contribution < 1.29 is 14.7 Å². The second kappa shape index (κ2) is 5.72. The summed E-state index contributed by atoms with van der Waals surface area (Å²) in [5, 5.41) is 11.4. The molecule has 2 N–H and O–H groups in total. The number of carboxylic acids is 1. The predicted octanol–water partition coefficient (Wildman–Crippen LogP) is 1.29. The van der Waals surface area contributed by atoms with Crippen molar-refractivity contribution in [3.63, 3.8) is 0 Å². The van der Waals surface area contributed by atoms with Crippen molar-refractivity contribution in [3.05, 3.63) is 0 Å². The number of hydrogen-bond acceptors (Lipinski definition) is 2. The molecule has 0 aromatic heterocycles. The Morgan fingerprint density at radius 2 is 2.19 bits per heavy atom. The second-order valence-electron chi connectivity index (χ2n) is 4.26. The van der Waals surface area contributed by atoms with Gasteiger partial charge in [0.25, 0.3) is 0 Å². The lowest BCUT2D eigenvalue weighted by atomic mass is 10.1. The number of rotatable bonds is 4. The molecule has 1 fully saturated rings. The van der Waals surface area contributed by atoms with Crippen molar-refractivity contribution in [2.24, 2.45) is 5.92 Å². The first-order valence-electron chi connectivity index (χ1n) is 5.86. The number of carbonyl (C=O) groups excluding carboxylic acids is 1. The number of likely N-dealkylation sites (tertiary alicyclic amines) is 1. The number of amides is 2. The van der Waals surface area contributed by atoms with Gasteiger partial charge in [-0.2, -0.15) is 0 Å². The van der Waals surface area contributed by atoms with Crippen molar-refractivity contribution in [1.29, 1.82) is 0 Å². The number of nitrogens with one attached hydrogen (secondary N) is 1.